The first-order valence-electron chi connectivity index (χ1n) is 9.30. The van der Waals surface area contributed by atoms with Crippen LogP contribution in [0.15, 0.2) is 54.6 Å². The molecule has 156 valence electrons. The summed E-state index contributed by atoms with van der Waals surface area (Å²) in [6, 6.07) is 15.1. The van der Waals surface area contributed by atoms with Crippen molar-refractivity contribution in [2.75, 3.05) is 31.0 Å². The van der Waals surface area contributed by atoms with Gasteiger partial charge in [0.05, 0.1) is 18.4 Å². The second kappa shape index (κ2) is 9.36. The van der Waals surface area contributed by atoms with Crippen LogP contribution in [0.3, 0.4) is 0 Å². The van der Waals surface area contributed by atoms with Crippen LogP contribution in [0, 0.1) is 0 Å². The molecule has 1 aliphatic rings. The van der Waals surface area contributed by atoms with Gasteiger partial charge in [-0.15, -0.1) is 0 Å². The maximum absolute atomic E-state index is 12.4. The second-order valence-electron chi connectivity index (χ2n) is 6.83. The van der Waals surface area contributed by atoms with E-state index in [4.69, 9.17) is 10.5 Å². The van der Waals surface area contributed by atoms with Crippen molar-refractivity contribution in [2.45, 2.75) is 17.9 Å². The lowest BCUT2D eigenvalue weighted by atomic mass is 9.99. The lowest BCUT2D eigenvalue weighted by Gasteiger charge is -2.40. The number of hydrogen-bond acceptors (Lipinski definition) is 6. The third-order valence-corrected chi connectivity index (χ3v) is 5.99. The van der Waals surface area contributed by atoms with Gasteiger partial charge in [-0.1, -0.05) is 42.5 Å². The highest BCUT2D eigenvalue weighted by Gasteiger charge is 2.36. The Morgan fingerprint density at radius 1 is 1.14 bits per heavy atom. The molecular formula is C20H25N3O5S. The molecule has 2 unspecified atom stereocenters. The first-order valence-corrected chi connectivity index (χ1v) is 10.9. The topological polar surface area (TPSA) is 122 Å². The van der Waals surface area contributed by atoms with Crippen LogP contribution in [-0.4, -0.2) is 56.7 Å². The molecule has 0 aliphatic carbocycles. The van der Waals surface area contributed by atoms with Gasteiger partial charge in [0.1, 0.15) is 12.7 Å². The minimum absolute atomic E-state index is 0.0907. The number of carbonyl (C=O) groups excluding carboxylic acids is 1. The molecule has 0 spiro atoms. The van der Waals surface area contributed by atoms with Crippen LogP contribution in [0.5, 0.6) is 0 Å². The van der Waals surface area contributed by atoms with Gasteiger partial charge in [0.2, 0.25) is 15.9 Å². The molecular weight excluding hydrogens is 394 g/mol. The van der Waals surface area contributed by atoms with Gasteiger partial charge in [-0.25, -0.2) is 8.42 Å². The van der Waals surface area contributed by atoms with Crippen molar-refractivity contribution in [1.29, 1.82) is 0 Å². The van der Waals surface area contributed by atoms with Crippen molar-refractivity contribution in [1.82, 2.24) is 4.90 Å². The summed E-state index contributed by atoms with van der Waals surface area (Å²) in [5, 5.41) is 9.78. The molecule has 9 heteroatoms. The standard InChI is InChI=1S/C20H25N3O5S/c21-10-11-23-18(12-24)20(28-13-19(23)25)16-6-8-17(9-7-16)22-29(26,27)14-15-4-2-1-3-5-15/h1-9,18,20,22,24H,10-14,21H2. The Kier molecular flexibility index (Phi) is 6.86. The molecule has 1 fully saturated rings. The molecule has 1 heterocycles. The summed E-state index contributed by atoms with van der Waals surface area (Å²) in [7, 11) is -3.55. The van der Waals surface area contributed by atoms with Crippen molar-refractivity contribution >= 4 is 21.6 Å². The minimum atomic E-state index is -3.55. The SMILES string of the molecule is NCCN1C(=O)COC(c2ccc(NS(=O)(=O)Cc3ccccc3)cc2)C1CO. The summed E-state index contributed by atoms with van der Waals surface area (Å²) in [5.41, 5.74) is 7.44. The summed E-state index contributed by atoms with van der Waals surface area (Å²) in [6.45, 7) is 0.271. The normalized spacial score (nSPS) is 19.9. The summed E-state index contributed by atoms with van der Waals surface area (Å²) >= 11 is 0. The van der Waals surface area contributed by atoms with Crippen LogP contribution < -0.4 is 10.5 Å². The zero-order chi connectivity index (χ0) is 20.9. The van der Waals surface area contributed by atoms with Gasteiger partial charge >= 0.3 is 0 Å². The average molecular weight is 420 g/mol. The zero-order valence-corrected chi connectivity index (χ0v) is 16.7. The summed E-state index contributed by atoms with van der Waals surface area (Å²) in [6.07, 6.45) is -0.515. The number of aliphatic hydroxyl groups excluding tert-OH is 1. The van der Waals surface area contributed by atoms with E-state index in [1.165, 1.54) is 4.90 Å². The van der Waals surface area contributed by atoms with E-state index in [0.29, 0.717) is 17.8 Å². The molecule has 1 aliphatic heterocycles. The fourth-order valence-corrected chi connectivity index (χ4v) is 4.59. The van der Waals surface area contributed by atoms with Crippen molar-refractivity contribution < 1.29 is 23.1 Å². The van der Waals surface area contributed by atoms with Crippen LogP contribution in [0.25, 0.3) is 0 Å². The maximum Gasteiger partial charge on any atom is 0.249 e. The first kappa shape index (κ1) is 21.3. The van der Waals surface area contributed by atoms with Crippen LogP contribution in [0.1, 0.15) is 17.2 Å². The highest BCUT2D eigenvalue weighted by molar-refractivity contribution is 7.91. The van der Waals surface area contributed by atoms with E-state index in [2.05, 4.69) is 4.72 Å². The number of ether oxygens (including phenoxy) is 1. The molecule has 2 aromatic carbocycles. The molecule has 0 aromatic heterocycles. The predicted molar refractivity (Wildman–Crippen MR) is 109 cm³/mol. The minimum Gasteiger partial charge on any atom is -0.394 e. The predicted octanol–water partition coefficient (Wildman–Crippen LogP) is 0.848. The summed E-state index contributed by atoms with van der Waals surface area (Å²) in [4.78, 5) is 13.6. The van der Waals surface area contributed by atoms with Crippen molar-refractivity contribution in [3.8, 4) is 0 Å². The number of amides is 1. The third-order valence-electron chi connectivity index (χ3n) is 4.73. The van der Waals surface area contributed by atoms with Gasteiger partial charge in [-0.2, -0.15) is 0 Å². The monoisotopic (exact) mass is 419 g/mol. The number of nitrogens with two attached hydrogens (primary N) is 1. The summed E-state index contributed by atoms with van der Waals surface area (Å²) in [5.74, 6) is -0.333. The van der Waals surface area contributed by atoms with E-state index in [1.807, 2.05) is 6.07 Å². The molecule has 0 saturated carbocycles. The van der Waals surface area contributed by atoms with E-state index in [0.717, 1.165) is 5.56 Å². The van der Waals surface area contributed by atoms with Crippen molar-refractivity contribution in [3.63, 3.8) is 0 Å². The van der Waals surface area contributed by atoms with Gasteiger partial charge in [-0.3, -0.25) is 9.52 Å². The number of aliphatic hydroxyl groups is 1. The Morgan fingerprint density at radius 2 is 1.83 bits per heavy atom. The number of hydrogen-bond donors (Lipinski definition) is 3. The van der Waals surface area contributed by atoms with E-state index >= 15 is 0 Å². The van der Waals surface area contributed by atoms with Gasteiger partial charge in [0.15, 0.2) is 0 Å². The smallest absolute Gasteiger partial charge is 0.249 e. The van der Waals surface area contributed by atoms with Gasteiger partial charge in [-0.05, 0) is 23.3 Å². The largest absolute Gasteiger partial charge is 0.394 e. The van der Waals surface area contributed by atoms with Gasteiger partial charge in [0.25, 0.3) is 0 Å². The van der Waals surface area contributed by atoms with Crippen LogP contribution in [-0.2, 0) is 25.3 Å². The number of nitrogens with zero attached hydrogens (tertiary/aromatic N) is 1. The third kappa shape index (κ3) is 5.33. The van der Waals surface area contributed by atoms with Crippen molar-refractivity contribution in [2.24, 2.45) is 5.73 Å². The van der Waals surface area contributed by atoms with Gasteiger partial charge < -0.3 is 20.5 Å². The van der Waals surface area contributed by atoms with E-state index in [1.54, 1.807) is 48.5 Å². The summed E-state index contributed by atoms with van der Waals surface area (Å²) < 4.78 is 33.0. The molecule has 4 N–H and O–H groups in total. The Labute approximate surface area is 170 Å². The quantitative estimate of drug-likeness (QED) is 0.583. The van der Waals surface area contributed by atoms with Crippen LogP contribution in [0.2, 0.25) is 0 Å². The Balaban J connectivity index is 1.71. The maximum atomic E-state index is 12.4. The molecule has 0 radical (unpaired) electrons. The molecule has 2 atom stereocenters. The van der Waals surface area contributed by atoms with E-state index < -0.39 is 22.2 Å². The van der Waals surface area contributed by atoms with Crippen LogP contribution >= 0.6 is 0 Å². The molecule has 3 rings (SSSR count). The molecule has 1 saturated heterocycles. The fourth-order valence-electron chi connectivity index (χ4n) is 3.40. The van der Waals surface area contributed by atoms with E-state index in [9.17, 15) is 18.3 Å². The zero-order valence-electron chi connectivity index (χ0n) is 15.9. The molecule has 8 nitrogen and oxygen atoms in total. The second-order valence-corrected chi connectivity index (χ2v) is 8.55. The average Bonchev–Trinajstić information content (AvgIpc) is 2.70. The number of anilines is 1. The lowest BCUT2D eigenvalue weighted by Crippen LogP contribution is -2.54. The van der Waals surface area contributed by atoms with Crippen LogP contribution in [0.4, 0.5) is 5.69 Å². The number of rotatable bonds is 8. The Hall–Kier alpha value is -2.46. The number of carbonyl (C=O) groups is 1. The molecule has 1 amide bonds. The number of benzene rings is 2. The lowest BCUT2D eigenvalue weighted by molar-refractivity contribution is -0.160. The molecule has 29 heavy (non-hydrogen) atoms. The molecule has 0 bridgehead atoms. The number of nitrogens with one attached hydrogen (secondary N) is 1. The number of morpholine rings is 1. The number of sulfonamides is 1. The highest BCUT2D eigenvalue weighted by Crippen LogP contribution is 2.29. The molecule has 2 aromatic rings. The van der Waals surface area contributed by atoms with E-state index in [-0.39, 0.29) is 31.4 Å². The first-order chi connectivity index (χ1) is 13.9. The van der Waals surface area contributed by atoms with Gasteiger partial charge in [0, 0.05) is 18.8 Å². The van der Waals surface area contributed by atoms with Crippen molar-refractivity contribution in [3.05, 3.63) is 65.7 Å². The Morgan fingerprint density at radius 3 is 2.45 bits per heavy atom. The highest BCUT2D eigenvalue weighted by atomic mass is 32.2. The Bertz CT molecular complexity index is 919. The fraction of sp³-hybridized carbons (Fsp3) is 0.350.